The van der Waals surface area contributed by atoms with Gasteiger partial charge in [-0.25, -0.2) is 0 Å². The van der Waals surface area contributed by atoms with Gasteiger partial charge in [-0.3, -0.25) is 4.79 Å². The predicted molar refractivity (Wildman–Crippen MR) is 71.2 cm³/mol. The fourth-order valence-corrected chi connectivity index (χ4v) is 1.69. The van der Waals surface area contributed by atoms with Crippen molar-refractivity contribution >= 4 is 5.97 Å². The highest BCUT2D eigenvalue weighted by atomic mass is 16.5. The molecule has 0 radical (unpaired) electrons. The summed E-state index contributed by atoms with van der Waals surface area (Å²) in [6.07, 6.45) is 0.793. The number of hydrogen-bond acceptors (Lipinski definition) is 3. The van der Waals surface area contributed by atoms with E-state index < -0.39 is 11.5 Å². The Balaban J connectivity index is 2.55. The Morgan fingerprint density at radius 2 is 2.11 bits per heavy atom. The van der Waals surface area contributed by atoms with Crippen LogP contribution in [-0.4, -0.2) is 30.3 Å². The van der Waals surface area contributed by atoms with Crippen LogP contribution in [0.5, 0.6) is 5.75 Å². The number of carboxylic acid groups (broad SMARTS) is 1. The summed E-state index contributed by atoms with van der Waals surface area (Å²) < 4.78 is 5.20. The normalized spacial score (nSPS) is 11.3. The Morgan fingerprint density at radius 1 is 1.44 bits per heavy atom. The Labute approximate surface area is 108 Å². The van der Waals surface area contributed by atoms with Crippen molar-refractivity contribution < 1.29 is 14.6 Å². The number of ether oxygens (including phenoxy) is 1. The van der Waals surface area contributed by atoms with E-state index in [-0.39, 0.29) is 0 Å². The minimum atomic E-state index is -0.887. The van der Waals surface area contributed by atoms with Crippen LogP contribution in [0.15, 0.2) is 18.2 Å². The number of nitrogens with one attached hydrogen (secondary N) is 1. The second kappa shape index (κ2) is 5.87. The van der Waals surface area contributed by atoms with Gasteiger partial charge in [-0.1, -0.05) is 12.1 Å². The standard InChI is InChI=1S/C14H21NO3/c1-10-9-11(5-6-12(10)18-4)7-8-15-14(2,3)13(16)17/h5-6,9,15H,7-8H2,1-4H3,(H,16,17). The molecule has 0 heterocycles. The van der Waals surface area contributed by atoms with Gasteiger partial charge in [0.15, 0.2) is 0 Å². The topological polar surface area (TPSA) is 58.6 Å². The first-order chi connectivity index (χ1) is 8.36. The van der Waals surface area contributed by atoms with Gasteiger partial charge >= 0.3 is 5.97 Å². The lowest BCUT2D eigenvalue weighted by atomic mass is 10.0. The molecule has 0 unspecified atom stereocenters. The van der Waals surface area contributed by atoms with Crippen molar-refractivity contribution in [3.63, 3.8) is 0 Å². The number of benzene rings is 1. The molecule has 1 aromatic rings. The third-order valence-corrected chi connectivity index (χ3v) is 2.97. The predicted octanol–water partition coefficient (Wildman–Crippen LogP) is 2.00. The molecule has 4 heteroatoms. The second-order valence-electron chi connectivity index (χ2n) is 4.91. The lowest BCUT2D eigenvalue weighted by molar-refractivity contribution is -0.143. The van der Waals surface area contributed by atoms with Crippen LogP contribution in [0, 0.1) is 6.92 Å². The number of aliphatic carboxylic acids is 1. The minimum Gasteiger partial charge on any atom is -0.496 e. The van der Waals surface area contributed by atoms with Crippen LogP contribution in [0.2, 0.25) is 0 Å². The molecule has 0 aliphatic rings. The number of carbonyl (C=O) groups is 1. The van der Waals surface area contributed by atoms with Crippen LogP contribution in [0.4, 0.5) is 0 Å². The first-order valence-corrected chi connectivity index (χ1v) is 5.99. The maximum Gasteiger partial charge on any atom is 0.323 e. The van der Waals surface area contributed by atoms with Crippen molar-refractivity contribution in [3.8, 4) is 5.75 Å². The molecular formula is C14H21NO3. The lowest BCUT2D eigenvalue weighted by Gasteiger charge is -2.21. The van der Waals surface area contributed by atoms with Crippen LogP contribution >= 0.6 is 0 Å². The van der Waals surface area contributed by atoms with Crippen LogP contribution in [-0.2, 0) is 11.2 Å². The van der Waals surface area contributed by atoms with Gasteiger partial charge in [0.2, 0.25) is 0 Å². The fraction of sp³-hybridized carbons (Fsp3) is 0.500. The minimum absolute atomic E-state index is 0.630. The van der Waals surface area contributed by atoms with E-state index in [0.29, 0.717) is 6.54 Å². The van der Waals surface area contributed by atoms with Crippen molar-refractivity contribution in [2.45, 2.75) is 32.7 Å². The average molecular weight is 251 g/mol. The van der Waals surface area contributed by atoms with E-state index in [1.807, 2.05) is 19.1 Å². The molecule has 1 rings (SSSR count). The van der Waals surface area contributed by atoms with E-state index in [1.165, 1.54) is 5.56 Å². The summed E-state index contributed by atoms with van der Waals surface area (Å²) >= 11 is 0. The number of carboxylic acids is 1. The number of aryl methyl sites for hydroxylation is 1. The third-order valence-electron chi connectivity index (χ3n) is 2.97. The van der Waals surface area contributed by atoms with Crippen molar-refractivity contribution in [2.24, 2.45) is 0 Å². The zero-order valence-electron chi connectivity index (χ0n) is 11.4. The first kappa shape index (κ1) is 14.5. The number of methoxy groups -OCH3 is 1. The number of hydrogen-bond donors (Lipinski definition) is 2. The largest absolute Gasteiger partial charge is 0.496 e. The molecule has 18 heavy (non-hydrogen) atoms. The third kappa shape index (κ3) is 3.74. The van der Waals surface area contributed by atoms with Crippen LogP contribution in [0.3, 0.4) is 0 Å². The summed E-state index contributed by atoms with van der Waals surface area (Å²) in [6.45, 7) is 5.95. The van der Waals surface area contributed by atoms with Crippen LogP contribution in [0.25, 0.3) is 0 Å². The molecule has 100 valence electrons. The van der Waals surface area contributed by atoms with Gasteiger partial charge < -0.3 is 15.2 Å². The molecule has 0 atom stereocenters. The quantitative estimate of drug-likeness (QED) is 0.812. The molecule has 2 N–H and O–H groups in total. The Morgan fingerprint density at radius 3 is 2.61 bits per heavy atom. The smallest absolute Gasteiger partial charge is 0.323 e. The molecule has 1 aromatic carbocycles. The second-order valence-corrected chi connectivity index (χ2v) is 4.91. The average Bonchev–Trinajstić information content (AvgIpc) is 2.29. The molecule has 0 bridgehead atoms. The zero-order chi connectivity index (χ0) is 13.8. The Bertz CT molecular complexity index is 427. The first-order valence-electron chi connectivity index (χ1n) is 5.99. The summed E-state index contributed by atoms with van der Waals surface area (Å²) in [4.78, 5) is 10.9. The molecule has 0 saturated heterocycles. The summed E-state index contributed by atoms with van der Waals surface area (Å²) in [5.41, 5.74) is 1.37. The zero-order valence-corrected chi connectivity index (χ0v) is 11.4. The van der Waals surface area contributed by atoms with E-state index in [1.54, 1.807) is 21.0 Å². The molecule has 0 aliphatic carbocycles. The van der Waals surface area contributed by atoms with Gasteiger partial charge in [-0.15, -0.1) is 0 Å². The Hall–Kier alpha value is -1.55. The van der Waals surface area contributed by atoms with Gasteiger partial charge in [0.25, 0.3) is 0 Å². The molecule has 0 spiro atoms. The van der Waals surface area contributed by atoms with Crippen molar-refractivity contribution in [3.05, 3.63) is 29.3 Å². The molecule has 0 aromatic heterocycles. The maximum absolute atomic E-state index is 10.9. The van der Waals surface area contributed by atoms with Gasteiger partial charge in [-0.2, -0.15) is 0 Å². The van der Waals surface area contributed by atoms with Crippen molar-refractivity contribution in [1.82, 2.24) is 5.32 Å². The highest BCUT2D eigenvalue weighted by Gasteiger charge is 2.25. The molecule has 0 amide bonds. The summed E-state index contributed by atoms with van der Waals surface area (Å²) in [7, 11) is 1.65. The van der Waals surface area contributed by atoms with Crippen molar-refractivity contribution in [1.29, 1.82) is 0 Å². The van der Waals surface area contributed by atoms with Gasteiger partial charge in [0, 0.05) is 6.54 Å². The molecule has 0 saturated carbocycles. The van der Waals surface area contributed by atoms with Crippen LogP contribution < -0.4 is 10.1 Å². The monoisotopic (exact) mass is 251 g/mol. The fourth-order valence-electron chi connectivity index (χ4n) is 1.69. The summed E-state index contributed by atoms with van der Waals surface area (Å²) in [6, 6.07) is 6.00. The van der Waals surface area contributed by atoms with Gasteiger partial charge in [0.1, 0.15) is 11.3 Å². The SMILES string of the molecule is COc1ccc(CCNC(C)(C)C(=O)O)cc1C. The number of rotatable bonds is 6. The van der Waals surface area contributed by atoms with Crippen molar-refractivity contribution in [2.75, 3.05) is 13.7 Å². The molecule has 0 fully saturated rings. The van der Waals surface area contributed by atoms with E-state index in [0.717, 1.165) is 17.7 Å². The highest BCUT2D eigenvalue weighted by Crippen LogP contribution is 2.18. The molecular weight excluding hydrogens is 230 g/mol. The summed E-state index contributed by atoms with van der Waals surface area (Å²) in [5, 5.41) is 12.0. The Kier molecular flexibility index (Phi) is 4.73. The van der Waals surface area contributed by atoms with E-state index >= 15 is 0 Å². The highest BCUT2D eigenvalue weighted by molar-refractivity contribution is 5.77. The molecule has 4 nitrogen and oxygen atoms in total. The van der Waals surface area contributed by atoms with E-state index in [2.05, 4.69) is 11.4 Å². The van der Waals surface area contributed by atoms with E-state index in [4.69, 9.17) is 9.84 Å². The molecule has 0 aliphatic heterocycles. The van der Waals surface area contributed by atoms with E-state index in [9.17, 15) is 4.79 Å². The lowest BCUT2D eigenvalue weighted by Crippen LogP contribution is -2.47. The van der Waals surface area contributed by atoms with Crippen LogP contribution in [0.1, 0.15) is 25.0 Å². The maximum atomic E-state index is 10.9. The van der Waals surface area contributed by atoms with Gasteiger partial charge in [0.05, 0.1) is 7.11 Å². The summed E-state index contributed by atoms with van der Waals surface area (Å²) in [5.74, 6) is 0.0333. The van der Waals surface area contributed by atoms with Gasteiger partial charge in [-0.05, 0) is 44.4 Å².